The van der Waals surface area contributed by atoms with Crippen LogP contribution in [0.15, 0.2) is 79.1 Å². The Labute approximate surface area is 378 Å². The van der Waals surface area contributed by atoms with E-state index in [0.717, 1.165) is 88.7 Å². The van der Waals surface area contributed by atoms with Crippen molar-refractivity contribution in [3.63, 3.8) is 0 Å². The molecule has 4 aliphatic heterocycles. The molecule has 1 saturated carbocycles. The molecule has 5 N–H and O–H groups in total. The fourth-order valence-electron chi connectivity index (χ4n) is 9.81. The number of ether oxygens (including phenoxy) is 2. The van der Waals surface area contributed by atoms with Crippen LogP contribution in [-0.4, -0.2) is 156 Å². The molecule has 340 valence electrons. The number of nitrogens with zero attached hydrogens (tertiary/aromatic N) is 7. The van der Waals surface area contributed by atoms with Crippen molar-refractivity contribution in [1.29, 1.82) is 5.41 Å². The van der Waals surface area contributed by atoms with Crippen molar-refractivity contribution < 1.29 is 28.7 Å². The summed E-state index contributed by atoms with van der Waals surface area (Å²) in [6, 6.07) is 22.1. The topological polar surface area (TPSA) is 203 Å². The fourth-order valence-corrected chi connectivity index (χ4v) is 9.81. The number of piperidine rings is 1. The van der Waals surface area contributed by atoms with Gasteiger partial charge in [-0.25, -0.2) is 9.97 Å². The number of amides is 4. The predicted molar refractivity (Wildman–Crippen MR) is 246 cm³/mol. The summed E-state index contributed by atoms with van der Waals surface area (Å²) in [5.41, 5.74) is 9.20. The van der Waals surface area contributed by atoms with Crippen LogP contribution in [0.4, 0.5) is 17.3 Å². The lowest BCUT2D eigenvalue weighted by molar-refractivity contribution is -0.136. The summed E-state index contributed by atoms with van der Waals surface area (Å²) in [6.07, 6.45) is 5.90. The lowest BCUT2D eigenvalue weighted by Gasteiger charge is -2.42. The highest BCUT2D eigenvalue weighted by Crippen LogP contribution is 2.35. The summed E-state index contributed by atoms with van der Waals surface area (Å²) in [4.78, 5) is 70.6. The molecule has 1 aromatic heterocycles. The summed E-state index contributed by atoms with van der Waals surface area (Å²) in [7, 11) is 0. The van der Waals surface area contributed by atoms with E-state index in [0.29, 0.717) is 71.9 Å². The minimum absolute atomic E-state index is 0.0906. The van der Waals surface area contributed by atoms with E-state index >= 15 is 0 Å². The van der Waals surface area contributed by atoms with Gasteiger partial charge >= 0.3 is 0 Å². The number of nitrogens with two attached hydrogens (primary N) is 1. The van der Waals surface area contributed by atoms with Crippen LogP contribution in [0.1, 0.15) is 70.4 Å². The maximum atomic E-state index is 13.6. The lowest BCUT2D eigenvalue weighted by atomic mass is 9.89. The van der Waals surface area contributed by atoms with Crippen LogP contribution in [0.3, 0.4) is 0 Å². The molecule has 3 aromatic carbocycles. The summed E-state index contributed by atoms with van der Waals surface area (Å²) in [5.74, 6) is 0.361. The van der Waals surface area contributed by atoms with E-state index in [2.05, 4.69) is 40.2 Å². The van der Waals surface area contributed by atoms with Gasteiger partial charge in [0.15, 0.2) is 0 Å². The molecule has 1 unspecified atom stereocenters. The first-order valence-corrected chi connectivity index (χ1v) is 22.9. The SMILES string of the molecule is N=C(c1ccc(Oc2ccccc2)cc1)c1c(N)ncnc1NC1CCC(N2CCN(CCOCCN3CCN(c4cccc5c4C(=O)N(C4CCC(=O)NC4=O)C5=O)CC3)CC2)CC1. The first-order valence-electron chi connectivity index (χ1n) is 22.9. The zero-order chi connectivity index (χ0) is 44.9. The van der Waals surface area contributed by atoms with Gasteiger partial charge in [-0.3, -0.25) is 49.5 Å². The summed E-state index contributed by atoms with van der Waals surface area (Å²) in [6.45, 7) is 10.2. The number of piperazine rings is 2. The number of imide groups is 2. The molecule has 9 rings (SSSR count). The Hall–Kier alpha value is -6.27. The molecular weight excluding hydrogens is 827 g/mol. The maximum absolute atomic E-state index is 13.6. The highest BCUT2D eigenvalue weighted by atomic mass is 16.5. The lowest BCUT2D eigenvalue weighted by Crippen LogP contribution is -2.54. The number of carbonyl (C=O) groups is 4. The standard InChI is InChI=1S/C48H57N11O6/c49-43(32-9-15-36(16-10-32)65-35-5-2-1-3-6-35)42-44(50)51-31-52-45(42)53-33-11-13-34(14-12-33)57-23-19-55(20-24-57)27-29-64-30-28-56-21-25-58(26-22-56)38-8-4-7-37-41(38)48(63)59(47(37)62)39-17-18-40(60)54-46(39)61/h1-10,15-16,31,33-34,39,49H,11-14,17-30H2,(H,54,60,61)(H3,50,51,52,53). The predicted octanol–water partition coefficient (Wildman–Crippen LogP) is 3.85. The normalized spacial score (nSPS) is 22.2. The van der Waals surface area contributed by atoms with Gasteiger partial charge in [-0.05, 0) is 80.6 Å². The average molecular weight is 884 g/mol. The highest BCUT2D eigenvalue weighted by molar-refractivity contribution is 6.25. The first-order chi connectivity index (χ1) is 31.7. The fraction of sp³-hybridized carbons (Fsp3) is 0.438. The van der Waals surface area contributed by atoms with Crippen LogP contribution < -0.4 is 26.0 Å². The number of hydrogen-bond donors (Lipinski definition) is 4. The van der Waals surface area contributed by atoms with E-state index in [9.17, 15) is 19.2 Å². The zero-order valence-electron chi connectivity index (χ0n) is 36.6. The van der Waals surface area contributed by atoms with E-state index in [1.807, 2.05) is 60.7 Å². The van der Waals surface area contributed by atoms with Gasteiger partial charge in [-0.15, -0.1) is 0 Å². The smallest absolute Gasteiger partial charge is 0.264 e. The van der Waals surface area contributed by atoms with Crippen molar-refractivity contribution in [1.82, 2.24) is 34.9 Å². The van der Waals surface area contributed by atoms with E-state index in [1.165, 1.54) is 6.33 Å². The van der Waals surface area contributed by atoms with Crippen LogP contribution in [0.25, 0.3) is 0 Å². The number of anilines is 3. The first kappa shape index (κ1) is 44.0. The van der Waals surface area contributed by atoms with Gasteiger partial charge in [0.2, 0.25) is 11.8 Å². The molecule has 5 aliphatic rings. The molecule has 17 heteroatoms. The Balaban J connectivity index is 0.664. The number of fused-ring (bicyclic) bond motifs is 1. The third-order valence-electron chi connectivity index (χ3n) is 13.5. The molecule has 4 fully saturated rings. The number of nitrogen functional groups attached to an aromatic ring is 1. The number of nitrogens with one attached hydrogen (secondary N) is 3. The number of para-hydroxylation sites is 1. The molecule has 65 heavy (non-hydrogen) atoms. The Morgan fingerprint density at radius 2 is 1.43 bits per heavy atom. The van der Waals surface area contributed by atoms with Gasteiger partial charge in [0.25, 0.3) is 11.8 Å². The number of aromatic nitrogens is 2. The summed E-state index contributed by atoms with van der Waals surface area (Å²) < 4.78 is 12.0. The van der Waals surface area contributed by atoms with Crippen LogP contribution in [0.5, 0.6) is 11.5 Å². The minimum Gasteiger partial charge on any atom is -0.457 e. The molecule has 4 amide bonds. The van der Waals surface area contributed by atoms with Crippen molar-refractivity contribution in [3.8, 4) is 11.5 Å². The van der Waals surface area contributed by atoms with Crippen LogP contribution >= 0.6 is 0 Å². The van der Waals surface area contributed by atoms with Crippen LogP contribution in [-0.2, 0) is 14.3 Å². The molecule has 4 aromatic rings. The molecule has 17 nitrogen and oxygen atoms in total. The molecule has 0 radical (unpaired) electrons. The van der Waals surface area contributed by atoms with Crippen molar-refractivity contribution in [2.45, 2.75) is 56.7 Å². The Kier molecular flexibility index (Phi) is 13.4. The largest absolute Gasteiger partial charge is 0.457 e. The minimum atomic E-state index is -0.981. The average Bonchev–Trinajstić information content (AvgIpc) is 3.58. The molecule has 0 spiro atoms. The maximum Gasteiger partial charge on any atom is 0.264 e. The quantitative estimate of drug-likeness (QED) is 0.0762. The van der Waals surface area contributed by atoms with E-state index in [4.69, 9.17) is 20.6 Å². The Morgan fingerprint density at radius 1 is 0.754 bits per heavy atom. The molecular formula is C48H57N11O6. The van der Waals surface area contributed by atoms with E-state index in [1.54, 1.807) is 12.1 Å². The zero-order valence-corrected chi connectivity index (χ0v) is 36.6. The summed E-state index contributed by atoms with van der Waals surface area (Å²) in [5, 5.41) is 14.9. The van der Waals surface area contributed by atoms with Crippen molar-refractivity contribution in [2.24, 2.45) is 0 Å². The second-order valence-corrected chi connectivity index (χ2v) is 17.4. The molecule has 5 heterocycles. The third kappa shape index (κ3) is 9.88. The monoisotopic (exact) mass is 883 g/mol. The molecule has 3 saturated heterocycles. The van der Waals surface area contributed by atoms with Crippen LogP contribution in [0, 0.1) is 5.41 Å². The number of rotatable bonds is 15. The highest BCUT2D eigenvalue weighted by Gasteiger charge is 2.46. The van der Waals surface area contributed by atoms with Crippen molar-refractivity contribution in [3.05, 3.63) is 101 Å². The van der Waals surface area contributed by atoms with E-state index < -0.39 is 29.7 Å². The van der Waals surface area contributed by atoms with Crippen molar-refractivity contribution >= 4 is 46.7 Å². The van der Waals surface area contributed by atoms with Gasteiger partial charge in [-0.1, -0.05) is 24.3 Å². The van der Waals surface area contributed by atoms with Crippen LogP contribution in [0.2, 0.25) is 0 Å². The number of hydrogen-bond acceptors (Lipinski definition) is 15. The third-order valence-corrected chi connectivity index (χ3v) is 13.5. The summed E-state index contributed by atoms with van der Waals surface area (Å²) >= 11 is 0. The second-order valence-electron chi connectivity index (χ2n) is 17.4. The number of carbonyl (C=O) groups excluding carboxylic acids is 4. The second kappa shape index (κ2) is 19.9. The Morgan fingerprint density at radius 3 is 2.12 bits per heavy atom. The number of benzene rings is 3. The molecule has 1 atom stereocenters. The van der Waals surface area contributed by atoms with Gasteiger partial charge in [0.1, 0.15) is 35.5 Å². The Bertz CT molecular complexity index is 2380. The van der Waals surface area contributed by atoms with Gasteiger partial charge in [0.05, 0.1) is 41.3 Å². The molecule has 0 bridgehead atoms. The van der Waals surface area contributed by atoms with E-state index in [-0.39, 0.29) is 30.4 Å². The molecule has 1 aliphatic carbocycles. The van der Waals surface area contributed by atoms with Gasteiger partial charge < -0.3 is 25.4 Å². The van der Waals surface area contributed by atoms with Gasteiger partial charge in [-0.2, -0.15) is 0 Å². The van der Waals surface area contributed by atoms with Gasteiger partial charge in [0, 0.05) is 89.5 Å². The van der Waals surface area contributed by atoms with Crippen molar-refractivity contribution in [2.75, 3.05) is 94.6 Å².